The fraction of sp³-hybridized carbons (Fsp3) is 0.0625. The van der Waals surface area contributed by atoms with Gasteiger partial charge in [0.25, 0.3) is 5.91 Å². The van der Waals surface area contributed by atoms with E-state index in [1.165, 1.54) is 6.33 Å². The molecule has 5 nitrogen and oxygen atoms in total. The van der Waals surface area contributed by atoms with Crippen LogP contribution in [0.3, 0.4) is 0 Å². The van der Waals surface area contributed by atoms with Crippen LogP contribution in [0.5, 0.6) is 0 Å². The maximum atomic E-state index is 12.1. The summed E-state index contributed by atoms with van der Waals surface area (Å²) in [6.45, 7) is 0.620. The quantitative estimate of drug-likeness (QED) is 0.798. The predicted molar refractivity (Wildman–Crippen MR) is 80.0 cm³/mol. The minimum Gasteiger partial charge on any atom is -0.322 e. The first kappa shape index (κ1) is 13.1. The standard InChI is InChI=1S/C16H14N4O/c21-16(14-6-2-1-3-7-14)19-15-8-4-5-13(9-15)10-20-12-17-11-18-20/h1-9,11-12H,10H2,(H,19,21). The Morgan fingerprint density at radius 3 is 2.71 bits per heavy atom. The van der Waals surface area contributed by atoms with Gasteiger partial charge in [-0.05, 0) is 29.8 Å². The summed E-state index contributed by atoms with van der Waals surface area (Å²) in [5, 5.41) is 6.96. The van der Waals surface area contributed by atoms with Crippen LogP contribution >= 0.6 is 0 Å². The van der Waals surface area contributed by atoms with Gasteiger partial charge in [-0.1, -0.05) is 30.3 Å². The van der Waals surface area contributed by atoms with Gasteiger partial charge in [-0.15, -0.1) is 0 Å². The largest absolute Gasteiger partial charge is 0.322 e. The molecule has 1 N–H and O–H groups in total. The minimum atomic E-state index is -0.117. The van der Waals surface area contributed by atoms with Crippen molar-refractivity contribution in [3.05, 3.63) is 78.4 Å². The lowest BCUT2D eigenvalue weighted by Gasteiger charge is -2.07. The molecule has 1 amide bonds. The van der Waals surface area contributed by atoms with E-state index in [-0.39, 0.29) is 5.91 Å². The molecule has 0 spiro atoms. The highest BCUT2D eigenvalue weighted by molar-refractivity contribution is 6.04. The van der Waals surface area contributed by atoms with Crippen molar-refractivity contribution in [3.8, 4) is 0 Å². The van der Waals surface area contributed by atoms with Crippen LogP contribution in [0.1, 0.15) is 15.9 Å². The van der Waals surface area contributed by atoms with Gasteiger partial charge in [0, 0.05) is 11.3 Å². The van der Waals surface area contributed by atoms with Crippen LogP contribution in [0.25, 0.3) is 0 Å². The molecule has 1 heterocycles. The molecule has 0 saturated carbocycles. The van der Waals surface area contributed by atoms with Crippen LogP contribution in [-0.2, 0) is 6.54 Å². The number of nitrogens with zero attached hydrogens (tertiary/aromatic N) is 3. The van der Waals surface area contributed by atoms with Crippen LogP contribution in [0.15, 0.2) is 67.3 Å². The van der Waals surface area contributed by atoms with Gasteiger partial charge in [-0.25, -0.2) is 9.67 Å². The number of benzene rings is 2. The van der Waals surface area contributed by atoms with Crippen LogP contribution < -0.4 is 5.32 Å². The van der Waals surface area contributed by atoms with Crippen molar-refractivity contribution >= 4 is 11.6 Å². The molecule has 0 bridgehead atoms. The second-order valence-electron chi connectivity index (χ2n) is 4.61. The normalized spacial score (nSPS) is 10.3. The van der Waals surface area contributed by atoms with E-state index in [0.29, 0.717) is 12.1 Å². The summed E-state index contributed by atoms with van der Waals surface area (Å²) in [6, 6.07) is 16.8. The van der Waals surface area contributed by atoms with Crippen molar-refractivity contribution in [3.63, 3.8) is 0 Å². The van der Waals surface area contributed by atoms with E-state index < -0.39 is 0 Å². The minimum absolute atomic E-state index is 0.117. The molecular formula is C16H14N4O. The summed E-state index contributed by atoms with van der Waals surface area (Å²) in [7, 11) is 0. The molecule has 0 radical (unpaired) electrons. The second-order valence-corrected chi connectivity index (χ2v) is 4.61. The maximum absolute atomic E-state index is 12.1. The SMILES string of the molecule is O=C(Nc1cccc(Cn2cncn2)c1)c1ccccc1. The first-order valence-electron chi connectivity index (χ1n) is 6.59. The highest BCUT2D eigenvalue weighted by Gasteiger charge is 2.05. The van der Waals surface area contributed by atoms with Crippen molar-refractivity contribution in [2.24, 2.45) is 0 Å². The fourth-order valence-electron chi connectivity index (χ4n) is 2.04. The average Bonchev–Trinajstić information content (AvgIpc) is 3.01. The van der Waals surface area contributed by atoms with Crippen molar-refractivity contribution in [1.82, 2.24) is 14.8 Å². The van der Waals surface area contributed by atoms with E-state index in [4.69, 9.17) is 0 Å². The summed E-state index contributed by atoms with van der Waals surface area (Å²) >= 11 is 0. The molecule has 2 aromatic carbocycles. The molecule has 104 valence electrons. The number of nitrogens with one attached hydrogen (secondary N) is 1. The summed E-state index contributed by atoms with van der Waals surface area (Å²) < 4.78 is 1.73. The zero-order valence-electron chi connectivity index (χ0n) is 11.3. The number of carbonyl (C=O) groups is 1. The van der Waals surface area contributed by atoms with E-state index in [0.717, 1.165) is 11.3 Å². The Labute approximate surface area is 122 Å². The number of amides is 1. The first-order chi connectivity index (χ1) is 10.3. The average molecular weight is 278 g/mol. The molecule has 0 aliphatic carbocycles. The Bertz CT molecular complexity index is 723. The number of anilines is 1. The smallest absolute Gasteiger partial charge is 0.255 e. The third-order valence-electron chi connectivity index (χ3n) is 3.03. The molecule has 0 fully saturated rings. The lowest BCUT2D eigenvalue weighted by atomic mass is 10.1. The summed E-state index contributed by atoms with van der Waals surface area (Å²) in [5.74, 6) is -0.117. The Morgan fingerprint density at radius 1 is 1.10 bits per heavy atom. The predicted octanol–water partition coefficient (Wildman–Crippen LogP) is 2.58. The molecule has 0 aliphatic rings. The van der Waals surface area contributed by atoms with Crippen molar-refractivity contribution in [2.75, 3.05) is 5.32 Å². The monoisotopic (exact) mass is 278 g/mol. The number of rotatable bonds is 4. The lowest BCUT2D eigenvalue weighted by molar-refractivity contribution is 0.102. The van der Waals surface area contributed by atoms with Gasteiger partial charge in [0.1, 0.15) is 12.7 Å². The Balaban J connectivity index is 1.73. The number of hydrogen-bond donors (Lipinski definition) is 1. The van der Waals surface area contributed by atoms with Gasteiger partial charge in [0.05, 0.1) is 6.54 Å². The van der Waals surface area contributed by atoms with Gasteiger partial charge in [-0.3, -0.25) is 4.79 Å². The maximum Gasteiger partial charge on any atom is 0.255 e. The highest BCUT2D eigenvalue weighted by Crippen LogP contribution is 2.13. The molecule has 3 aromatic rings. The second kappa shape index (κ2) is 6.00. The van der Waals surface area contributed by atoms with Crippen LogP contribution in [-0.4, -0.2) is 20.7 Å². The Morgan fingerprint density at radius 2 is 1.95 bits per heavy atom. The zero-order valence-corrected chi connectivity index (χ0v) is 11.3. The van der Waals surface area contributed by atoms with Gasteiger partial charge in [-0.2, -0.15) is 5.10 Å². The van der Waals surface area contributed by atoms with Crippen LogP contribution in [0, 0.1) is 0 Å². The van der Waals surface area contributed by atoms with Gasteiger partial charge < -0.3 is 5.32 Å². The molecular weight excluding hydrogens is 264 g/mol. The molecule has 0 saturated heterocycles. The molecule has 5 heteroatoms. The molecule has 0 unspecified atom stereocenters. The third kappa shape index (κ3) is 3.33. The van der Waals surface area contributed by atoms with Crippen molar-refractivity contribution in [2.45, 2.75) is 6.54 Å². The zero-order chi connectivity index (χ0) is 14.5. The topological polar surface area (TPSA) is 59.8 Å². The van der Waals surface area contributed by atoms with E-state index in [1.54, 1.807) is 23.1 Å². The molecule has 0 aliphatic heterocycles. The summed E-state index contributed by atoms with van der Waals surface area (Å²) in [4.78, 5) is 16.0. The highest BCUT2D eigenvalue weighted by atomic mass is 16.1. The van der Waals surface area contributed by atoms with Gasteiger partial charge >= 0.3 is 0 Å². The molecule has 3 rings (SSSR count). The summed E-state index contributed by atoms with van der Waals surface area (Å²) in [5.41, 5.74) is 2.45. The molecule has 21 heavy (non-hydrogen) atoms. The molecule has 1 aromatic heterocycles. The Hall–Kier alpha value is -2.95. The van der Waals surface area contributed by atoms with Crippen molar-refractivity contribution in [1.29, 1.82) is 0 Å². The Kier molecular flexibility index (Phi) is 3.73. The van der Waals surface area contributed by atoms with Gasteiger partial charge in [0.2, 0.25) is 0 Å². The van der Waals surface area contributed by atoms with Crippen molar-refractivity contribution < 1.29 is 4.79 Å². The number of hydrogen-bond acceptors (Lipinski definition) is 3. The number of carbonyl (C=O) groups excluding carboxylic acids is 1. The third-order valence-corrected chi connectivity index (χ3v) is 3.03. The van der Waals surface area contributed by atoms with E-state index in [2.05, 4.69) is 15.4 Å². The van der Waals surface area contributed by atoms with Crippen LogP contribution in [0.2, 0.25) is 0 Å². The summed E-state index contributed by atoms with van der Waals surface area (Å²) in [6.07, 6.45) is 3.16. The lowest BCUT2D eigenvalue weighted by Crippen LogP contribution is -2.12. The molecule has 0 atom stereocenters. The van der Waals surface area contributed by atoms with E-state index >= 15 is 0 Å². The van der Waals surface area contributed by atoms with E-state index in [1.807, 2.05) is 42.5 Å². The van der Waals surface area contributed by atoms with Gasteiger partial charge in [0.15, 0.2) is 0 Å². The fourth-order valence-corrected chi connectivity index (χ4v) is 2.04. The van der Waals surface area contributed by atoms with Crippen LogP contribution in [0.4, 0.5) is 5.69 Å². The first-order valence-corrected chi connectivity index (χ1v) is 6.59. The number of aromatic nitrogens is 3. The van der Waals surface area contributed by atoms with E-state index in [9.17, 15) is 4.79 Å².